The molecule has 1 aromatic carbocycles. The van der Waals surface area contributed by atoms with Crippen LogP contribution in [0.5, 0.6) is 0 Å². The summed E-state index contributed by atoms with van der Waals surface area (Å²) in [7, 11) is 0. The minimum Gasteiger partial charge on any atom is -0.361 e. The van der Waals surface area contributed by atoms with Gasteiger partial charge in [-0.2, -0.15) is 0 Å². The maximum absolute atomic E-state index is 12.0. The minimum atomic E-state index is -0.243. The first-order valence-electron chi connectivity index (χ1n) is 6.14. The first-order chi connectivity index (χ1) is 9.61. The molecule has 0 saturated carbocycles. The molecule has 2 rings (SSSR count). The van der Waals surface area contributed by atoms with E-state index in [1.807, 2.05) is 25.1 Å². The van der Waals surface area contributed by atoms with Gasteiger partial charge in [0.25, 0.3) is 5.91 Å². The molecule has 0 aliphatic rings. The van der Waals surface area contributed by atoms with E-state index in [0.717, 1.165) is 16.8 Å². The summed E-state index contributed by atoms with van der Waals surface area (Å²) < 4.78 is 4.88. The molecule has 1 aromatic heterocycles. The first-order valence-corrected chi connectivity index (χ1v) is 6.14. The average molecular weight is 269 g/mol. The molecule has 1 heterocycles. The number of nitrogens with two attached hydrogens (primary N) is 1. The molecule has 102 valence electrons. The number of nitrogens with one attached hydrogen (secondary N) is 1. The average Bonchev–Trinajstić information content (AvgIpc) is 2.85. The van der Waals surface area contributed by atoms with Gasteiger partial charge in [-0.15, -0.1) is 0 Å². The summed E-state index contributed by atoms with van der Waals surface area (Å²) in [6, 6.07) is 5.56. The van der Waals surface area contributed by atoms with Crippen molar-refractivity contribution in [2.24, 2.45) is 5.73 Å². The number of anilines is 1. The van der Waals surface area contributed by atoms with Gasteiger partial charge in [0.1, 0.15) is 11.3 Å². The third-order valence-electron chi connectivity index (χ3n) is 2.80. The highest BCUT2D eigenvalue weighted by Gasteiger charge is 2.13. The monoisotopic (exact) mass is 269 g/mol. The molecular formula is C15H15N3O2. The molecule has 0 aliphatic carbocycles. The molecule has 0 bridgehead atoms. The molecule has 0 spiro atoms. The number of aryl methyl sites for hydroxylation is 2. The van der Waals surface area contributed by atoms with Crippen molar-refractivity contribution in [1.29, 1.82) is 0 Å². The SMILES string of the molecule is Cc1cc(C#CCN)ccc1NC(=O)c1cnoc1C. The standard InChI is InChI=1S/C15H15N3O2/c1-10-8-12(4-3-7-16)5-6-14(10)18-15(19)13-9-17-20-11(13)2/h5-6,8-9H,7,16H2,1-2H3,(H,18,19). The lowest BCUT2D eigenvalue weighted by Gasteiger charge is -2.07. The molecule has 20 heavy (non-hydrogen) atoms. The van der Waals surface area contributed by atoms with Gasteiger partial charge in [0, 0.05) is 11.3 Å². The quantitative estimate of drug-likeness (QED) is 0.815. The predicted molar refractivity (Wildman–Crippen MR) is 76.3 cm³/mol. The van der Waals surface area contributed by atoms with Crippen LogP contribution in [0, 0.1) is 25.7 Å². The molecule has 0 unspecified atom stereocenters. The Morgan fingerprint density at radius 2 is 2.25 bits per heavy atom. The summed E-state index contributed by atoms with van der Waals surface area (Å²) in [6.45, 7) is 3.92. The van der Waals surface area contributed by atoms with Crippen molar-refractivity contribution in [3.8, 4) is 11.8 Å². The third kappa shape index (κ3) is 3.05. The van der Waals surface area contributed by atoms with E-state index in [9.17, 15) is 4.79 Å². The maximum Gasteiger partial charge on any atom is 0.260 e. The van der Waals surface area contributed by atoms with Gasteiger partial charge in [0.15, 0.2) is 0 Å². The van der Waals surface area contributed by atoms with Gasteiger partial charge in [-0.1, -0.05) is 17.0 Å². The van der Waals surface area contributed by atoms with Gasteiger partial charge in [-0.05, 0) is 37.6 Å². The highest BCUT2D eigenvalue weighted by Crippen LogP contribution is 2.18. The topological polar surface area (TPSA) is 81.1 Å². The molecule has 0 fully saturated rings. The zero-order chi connectivity index (χ0) is 14.5. The van der Waals surface area contributed by atoms with Crippen LogP contribution in [0.25, 0.3) is 0 Å². The molecular weight excluding hydrogens is 254 g/mol. The Kier molecular flexibility index (Phi) is 4.18. The van der Waals surface area contributed by atoms with E-state index in [2.05, 4.69) is 22.3 Å². The number of aromatic nitrogens is 1. The first kappa shape index (κ1) is 13.8. The lowest BCUT2D eigenvalue weighted by molar-refractivity contribution is 0.102. The molecule has 0 radical (unpaired) electrons. The molecule has 0 saturated heterocycles. The molecule has 5 heteroatoms. The van der Waals surface area contributed by atoms with Crippen molar-refractivity contribution in [3.63, 3.8) is 0 Å². The largest absolute Gasteiger partial charge is 0.361 e. The summed E-state index contributed by atoms with van der Waals surface area (Å²) in [4.78, 5) is 12.0. The minimum absolute atomic E-state index is 0.243. The van der Waals surface area contributed by atoms with Gasteiger partial charge >= 0.3 is 0 Å². The second-order valence-corrected chi connectivity index (χ2v) is 4.29. The van der Waals surface area contributed by atoms with E-state index in [1.54, 1.807) is 6.92 Å². The fraction of sp³-hybridized carbons (Fsp3) is 0.200. The Morgan fingerprint density at radius 3 is 2.85 bits per heavy atom. The van der Waals surface area contributed by atoms with E-state index in [0.29, 0.717) is 17.9 Å². The number of amides is 1. The summed E-state index contributed by atoms with van der Waals surface area (Å²) in [5.41, 5.74) is 8.29. The predicted octanol–water partition coefficient (Wildman–Crippen LogP) is 1.85. The zero-order valence-electron chi connectivity index (χ0n) is 11.4. The Morgan fingerprint density at radius 1 is 1.45 bits per heavy atom. The van der Waals surface area contributed by atoms with E-state index < -0.39 is 0 Å². The van der Waals surface area contributed by atoms with Crippen LogP contribution < -0.4 is 11.1 Å². The fourth-order valence-electron chi connectivity index (χ4n) is 1.74. The van der Waals surface area contributed by atoms with Crippen LogP contribution in [0.1, 0.15) is 27.2 Å². The van der Waals surface area contributed by atoms with Crippen LogP contribution >= 0.6 is 0 Å². The zero-order valence-corrected chi connectivity index (χ0v) is 11.4. The van der Waals surface area contributed by atoms with Gasteiger partial charge in [0.2, 0.25) is 0 Å². The highest BCUT2D eigenvalue weighted by molar-refractivity contribution is 6.05. The van der Waals surface area contributed by atoms with E-state index in [-0.39, 0.29) is 5.91 Å². The number of hydrogen-bond donors (Lipinski definition) is 2. The maximum atomic E-state index is 12.0. The van der Waals surface area contributed by atoms with Gasteiger partial charge in [0.05, 0.1) is 12.7 Å². The van der Waals surface area contributed by atoms with Gasteiger partial charge in [-0.3, -0.25) is 4.79 Å². The summed E-state index contributed by atoms with van der Waals surface area (Å²) in [5, 5.41) is 6.41. The van der Waals surface area contributed by atoms with Crippen LogP contribution in [-0.4, -0.2) is 17.6 Å². The second-order valence-electron chi connectivity index (χ2n) is 4.29. The number of carbonyl (C=O) groups excluding carboxylic acids is 1. The number of carbonyl (C=O) groups is 1. The number of nitrogens with zero attached hydrogens (tertiary/aromatic N) is 1. The van der Waals surface area contributed by atoms with Crippen LogP contribution in [0.4, 0.5) is 5.69 Å². The van der Waals surface area contributed by atoms with Crippen LogP contribution in [0.2, 0.25) is 0 Å². The molecule has 5 nitrogen and oxygen atoms in total. The molecule has 0 atom stereocenters. The molecule has 1 amide bonds. The Hall–Kier alpha value is -2.58. The lowest BCUT2D eigenvalue weighted by Crippen LogP contribution is -2.13. The Bertz CT molecular complexity index is 693. The van der Waals surface area contributed by atoms with Crippen molar-refractivity contribution in [2.75, 3.05) is 11.9 Å². The van der Waals surface area contributed by atoms with E-state index >= 15 is 0 Å². The van der Waals surface area contributed by atoms with Crippen LogP contribution in [0.15, 0.2) is 28.9 Å². The highest BCUT2D eigenvalue weighted by atomic mass is 16.5. The van der Waals surface area contributed by atoms with Crippen LogP contribution in [0.3, 0.4) is 0 Å². The summed E-state index contributed by atoms with van der Waals surface area (Å²) in [5.74, 6) is 5.99. The van der Waals surface area contributed by atoms with Crippen molar-refractivity contribution < 1.29 is 9.32 Å². The molecule has 0 aliphatic heterocycles. The smallest absolute Gasteiger partial charge is 0.260 e. The van der Waals surface area contributed by atoms with Gasteiger partial charge in [-0.25, -0.2) is 0 Å². The fourth-order valence-corrected chi connectivity index (χ4v) is 1.74. The summed E-state index contributed by atoms with van der Waals surface area (Å²) in [6.07, 6.45) is 1.40. The number of rotatable bonds is 2. The molecule has 2 aromatic rings. The lowest BCUT2D eigenvalue weighted by atomic mass is 10.1. The van der Waals surface area contributed by atoms with Crippen LogP contribution in [-0.2, 0) is 0 Å². The number of benzene rings is 1. The third-order valence-corrected chi connectivity index (χ3v) is 2.80. The van der Waals surface area contributed by atoms with Crippen molar-refractivity contribution in [3.05, 3.63) is 46.8 Å². The second kappa shape index (κ2) is 6.04. The van der Waals surface area contributed by atoms with Crippen molar-refractivity contribution in [2.45, 2.75) is 13.8 Å². The Labute approximate surface area is 117 Å². The van der Waals surface area contributed by atoms with Crippen molar-refractivity contribution >= 4 is 11.6 Å². The number of hydrogen-bond acceptors (Lipinski definition) is 4. The van der Waals surface area contributed by atoms with E-state index in [4.69, 9.17) is 10.3 Å². The van der Waals surface area contributed by atoms with Gasteiger partial charge < -0.3 is 15.6 Å². The molecule has 3 N–H and O–H groups in total. The van der Waals surface area contributed by atoms with Crippen molar-refractivity contribution in [1.82, 2.24) is 5.16 Å². The Balaban J connectivity index is 2.18. The van der Waals surface area contributed by atoms with E-state index in [1.165, 1.54) is 6.20 Å². The summed E-state index contributed by atoms with van der Waals surface area (Å²) >= 11 is 0. The normalized spacial score (nSPS) is 9.75.